The maximum absolute atomic E-state index is 8.36. The van der Waals surface area contributed by atoms with Gasteiger partial charge in [-0.15, -0.1) is 0 Å². The number of hydrogen-bond acceptors (Lipinski definition) is 1. The van der Waals surface area contributed by atoms with Gasteiger partial charge in [-0.05, 0) is 12.5 Å². The molecule has 1 rings (SSSR count). The molecule has 4 heteroatoms. The van der Waals surface area contributed by atoms with Crippen LogP contribution in [0.15, 0.2) is 24.3 Å². The summed E-state index contributed by atoms with van der Waals surface area (Å²) in [6.07, 6.45) is 0.516. The molecule has 0 saturated heterocycles. The molecule has 0 N–H and O–H groups in total. The monoisotopic (exact) mass is 396 g/mol. The van der Waals surface area contributed by atoms with Gasteiger partial charge in [0.25, 0.3) is 0 Å². The molecule has 0 bridgehead atoms. The van der Waals surface area contributed by atoms with Gasteiger partial charge in [0.15, 0.2) is 0 Å². The van der Waals surface area contributed by atoms with Gasteiger partial charge in [-0.1, -0.05) is 29.8 Å². The van der Waals surface area contributed by atoms with Crippen LogP contribution in [0.4, 0.5) is 0 Å². The third kappa shape index (κ3) is 7.08. The fraction of sp³-hybridized carbons (Fsp3) is 0.222. The SMILES string of the molecule is Cc1cccc(CC#N)c1.[Cl][Pt][Cl]. The molecule has 0 heterocycles. The molecule has 1 aromatic carbocycles. The van der Waals surface area contributed by atoms with E-state index in [-0.39, 0.29) is 0 Å². The molecule has 0 saturated carbocycles. The van der Waals surface area contributed by atoms with Crippen LogP contribution in [0.3, 0.4) is 0 Å². The quantitative estimate of drug-likeness (QED) is 0.713. The minimum atomic E-state index is -0.472. The summed E-state index contributed by atoms with van der Waals surface area (Å²) < 4.78 is 0. The summed E-state index contributed by atoms with van der Waals surface area (Å²) in [4.78, 5) is 0. The standard InChI is InChI=1S/C9H9N.2ClH.Pt/c1-8-3-2-4-9(7-8)5-6-10;;;/h2-4,7H,5H2,1H3;2*1H;/q;;;+2/p-2. The van der Waals surface area contributed by atoms with E-state index in [1.165, 1.54) is 5.56 Å². The molecule has 0 aliphatic rings. The first-order valence-electron chi connectivity index (χ1n) is 3.49. The van der Waals surface area contributed by atoms with E-state index >= 15 is 0 Å². The molecule has 0 radical (unpaired) electrons. The van der Waals surface area contributed by atoms with Crippen molar-refractivity contribution in [3.63, 3.8) is 0 Å². The second-order valence-corrected chi connectivity index (χ2v) is 5.65. The van der Waals surface area contributed by atoms with Gasteiger partial charge in [0.2, 0.25) is 0 Å². The van der Waals surface area contributed by atoms with Gasteiger partial charge in [0.05, 0.1) is 12.5 Å². The molecule has 13 heavy (non-hydrogen) atoms. The van der Waals surface area contributed by atoms with Crippen molar-refractivity contribution >= 4 is 18.8 Å². The van der Waals surface area contributed by atoms with Gasteiger partial charge < -0.3 is 0 Å². The number of nitriles is 1. The van der Waals surface area contributed by atoms with Gasteiger partial charge in [0, 0.05) is 0 Å². The van der Waals surface area contributed by atoms with Crippen LogP contribution in [-0.2, 0) is 22.9 Å². The predicted molar refractivity (Wildman–Crippen MR) is 52.2 cm³/mol. The van der Waals surface area contributed by atoms with Crippen molar-refractivity contribution in [3.8, 4) is 6.07 Å². The summed E-state index contributed by atoms with van der Waals surface area (Å²) in [5.41, 5.74) is 2.32. The van der Waals surface area contributed by atoms with E-state index in [9.17, 15) is 0 Å². The second-order valence-electron chi connectivity index (χ2n) is 2.37. The summed E-state index contributed by atoms with van der Waals surface area (Å²) >= 11 is -0.472. The first-order valence-corrected chi connectivity index (χ1v) is 9.12. The predicted octanol–water partition coefficient (Wildman–Crippen LogP) is 3.44. The van der Waals surface area contributed by atoms with Gasteiger partial charge in [-0.25, -0.2) is 0 Å². The maximum atomic E-state index is 8.36. The Hall–Kier alpha value is -0.0217. The van der Waals surface area contributed by atoms with Crippen molar-refractivity contribution in [2.45, 2.75) is 13.3 Å². The van der Waals surface area contributed by atoms with Crippen LogP contribution < -0.4 is 0 Å². The molecule has 74 valence electrons. The van der Waals surface area contributed by atoms with Crippen molar-refractivity contribution in [2.24, 2.45) is 0 Å². The summed E-state index contributed by atoms with van der Waals surface area (Å²) in [5.74, 6) is 0. The van der Waals surface area contributed by atoms with Crippen LogP contribution in [0, 0.1) is 18.3 Å². The topological polar surface area (TPSA) is 23.8 Å². The van der Waals surface area contributed by atoms with Crippen molar-refractivity contribution in [2.75, 3.05) is 0 Å². The summed E-state index contributed by atoms with van der Waals surface area (Å²) in [7, 11) is 9.75. The average Bonchev–Trinajstić information content (AvgIpc) is 2.06. The van der Waals surface area contributed by atoms with E-state index in [1.54, 1.807) is 0 Å². The molecule has 0 atom stereocenters. The fourth-order valence-corrected chi connectivity index (χ4v) is 0.913. The minimum absolute atomic E-state index is 0.472. The van der Waals surface area contributed by atoms with Gasteiger partial charge in [-0.2, -0.15) is 5.26 Å². The van der Waals surface area contributed by atoms with Gasteiger partial charge >= 0.3 is 35.3 Å². The number of nitrogens with zero attached hydrogens (tertiary/aromatic N) is 1. The van der Waals surface area contributed by atoms with E-state index in [0.717, 1.165) is 5.56 Å². The molecular weight excluding hydrogens is 388 g/mol. The third-order valence-electron chi connectivity index (χ3n) is 1.37. The normalized spacial score (nSPS) is 8.46. The van der Waals surface area contributed by atoms with E-state index in [0.29, 0.717) is 6.42 Å². The van der Waals surface area contributed by atoms with Crippen LogP contribution in [-0.4, -0.2) is 0 Å². The van der Waals surface area contributed by atoms with Crippen molar-refractivity contribution in [1.82, 2.24) is 0 Å². The van der Waals surface area contributed by atoms with Crippen LogP contribution >= 0.6 is 18.8 Å². The summed E-state index contributed by atoms with van der Waals surface area (Å²) in [6, 6.07) is 10.1. The first kappa shape index (κ1) is 13.0. The van der Waals surface area contributed by atoms with Crippen LogP contribution in [0.25, 0.3) is 0 Å². The first-order chi connectivity index (χ1) is 6.24. The van der Waals surface area contributed by atoms with E-state index in [2.05, 4.69) is 6.07 Å². The molecule has 1 nitrogen and oxygen atoms in total. The molecule has 1 aromatic rings. The van der Waals surface area contributed by atoms with E-state index < -0.39 is 16.5 Å². The van der Waals surface area contributed by atoms with Gasteiger partial charge in [0.1, 0.15) is 0 Å². The Morgan fingerprint density at radius 3 is 2.54 bits per heavy atom. The molecule has 0 amide bonds. The summed E-state index contributed by atoms with van der Waals surface area (Å²) in [6.45, 7) is 2.03. The number of aryl methyl sites for hydroxylation is 1. The number of hydrogen-bond donors (Lipinski definition) is 0. The Labute approximate surface area is 95.1 Å². The van der Waals surface area contributed by atoms with Gasteiger partial charge in [-0.3, -0.25) is 0 Å². The van der Waals surface area contributed by atoms with Crippen LogP contribution in [0.2, 0.25) is 0 Å². The Morgan fingerprint density at radius 2 is 2.08 bits per heavy atom. The molecule has 0 spiro atoms. The Balaban J connectivity index is 0.000000424. The molecule has 0 aliphatic carbocycles. The molecule has 0 aliphatic heterocycles. The Kier molecular flexibility index (Phi) is 8.56. The van der Waals surface area contributed by atoms with E-state index in [1.807, 2.05) is 31.2 Å². The van der Waals surface area contributed by atoms with Crippen molar-refractivity contribution < 1.29 is 16.5 Å². The number of rotatable bonds is 1. The van der Waals surface area contributed by atoms with E-state index in [4.69, 9.17) is 24.1 Å². The molecule has 0 aromatic heterocycles. The third-order valence-corrected chi connectivity index (χ3v) is 1.37. The zero-order chi connectivity index (χ0) is 10.1. The van der Waals surface area contributed by atoms with Crippen molar-refractivity contribution in [3.05, 3.63) is 35.4 Å². The molecule has 0 fully saturated rings. The zero-order valence-electron chi connectivity index (χ0n) is 7.04. The molecule has 0 unspecified atom stereocenters. The second kappa shape index (κ2) is 8.57. The summed E-state index contributed by atoms with van der Waals surface area (Å²) in [5, 5.41) is 8.36. The average molecular weight is 397 g/mol. The van der Waals surface area contributed by atoms with Crippen LogP contribution in [0.1, 0.15) is 11.1 Å². The number of halogens is 2. The number of benzene rings is 1. The van der Waals surface area contributed by atoms with Crippen LogP contribution in [0.5, 0.6) is 0 Å². The zero-order valence-corrected chi connectivity index (χ0v) is 10.8. The molecular formula is C9H9Cl2NPt. The van der Waals surface area contributed by atoms with Crippen molar-refractivity contribution in [1.29, 1.82) is 5.26 Å². The Morgan fingerprint density at radius 1 is 1.46 bits per heavy atom. The fourth-order valence-electron chi connectivity index (χ4n) is 0.913. The Bertz CT molecular complexity index is 283.